The molecule has 1 saturated carbocycles. The molecule has 0 aliphatic heterocycles. The van der Waals surface area contributed by atoms with Gasteiger partial charge in [0.15, 0.2) is 0 Å². The second-order valence-electron chi connectivity index (χ2n) is 5.17. The molecule has 1 fully saturated rings. The number of nitrogens with zero attached hydrogens (tertiary/aromatic N) is 1. The summed E-state index contributed by atoms with van der Waals surface area (Å²) in [7, 11) is 1.62. The van der Waals surface area contributed by atoms with Crippen LogP contribution in [0.25, 0.3) is 0 Å². The molecule has 0 bridgehead atoms. The Morgan fingerprint density at radius 1 is 1.44 bits per heavy atom. The van der Waals surface area contributed by atoms with Crippen molar-refractivity contribution in [2.24, 2.45) is 5.73 Å². The van der Waals surface area contributed by atoms with Gasteiger partial charge in [0.25, 0.3) is 0 Å². The van der Waals surface area contributed by atoms with Crippen molar-refractivity contribution in [3.8, 4) is 0 Å². The van der Waals surface area contributed by atoms with Crippen LogP contribution in [0.15, 0.2) is 0 Å². The predicted octanol–water partition coefficient (Wildman–Crippen LogP) is 0.663. The summed E-state index contributed by atoms with van der Waals surface area (Å²) in [6, 6.07) is 0.325. The van der Waals surface area contributed by atoms with Crippen molar-refractivity contribution < 1.29 is 9.59 Å². The molecule has 2 amide bonds. The highest BCUT2D eigenvalue weighted by atomic mass is 35.5. The fraction of sp³-hybridized carbons (Fsp3) is 0.833. The van der Waals surface area contributed by atoms with Gasteiger partial charge < -0.3 is 16.0 Å². The van der Waals surface area contributed by atoms with Gasteiger partial charge in [-0.2, -0.15) is 0 Å². The minimum Gasteiger partial charge on any atom is -0.352 e. The highest BCUT2D eigenvalue weighted by Crippen LogP contribution is 2.18. The van der Waals surface area contributed by atoms with Crippen molar-refractivity contribution in [1.29, 1.82) is 0 Å². The van der Waals surface area contributed by atoms with Crippen molar-refractivity contribution in [2.45, 2.75) is 51.1 Å². The summed E-state index contributed by atoms with van der Waals surface area (Å²) in [5.41, 5.74) is 5.07. The van der Waals surface area contributed by atoms with Crippen LogP contribution in [0.1, 0.15) is 39.5 Å². The summed E-state index contributed by atoms with van der Waals surface area (Å²) in [5.74, 6) is -0.277. The van der Waals surface area contributed by atoms with E-state index >= 15 is 0 Å². The van der Waals surface area contributed by atoms with Crippen LogP contribution in [0.5, 0.6) is 0 Å². The number of rotatable bonds is 6. The van der Waals surface area contributed by atoms with Gasteiger partial charge in [-0.1, -0.05) is 13.3 Å². The fourth-order valence-corrected chi connectivity index (χ4v) is 1.85. The Balaban J connectivity index is 0.00000289. The van der Waals surface area contributed by atoms with E-state index in [-0.39, 0.29) is 30.8 Å². The summed E-state index contributed by atoms with van der Waals surface area (Å²) in [6.07, 6.45) is 3.57. The SMILES string of the molecule is CCCC(C)(N)C(=O)N(C)CC(=O)NC1CC1.Cl. The molecule has 1 rings (SSSR count). The Labute approximate surface area is 115 Å². The number of carbonyl (C=O) groups is 2. The van der Waals surface area contributed by atoms with E-state index in [2.05, 4.69) is 5.32 Å². The first-order valence-corrected chi connectivity index (χ1v) is 6.20. The van der Waals surface area contributed by atoms with Gasteiger partial charge >= 0.3 is 0 Å². The van der Waals surface area contributed by atoms with Crippen molar-refractivity contribution in [2.75, 3.05) is 13.6 Å². The minimum atomic E-state index is -0.872. The molecule has 0 spiro atoms. The van der Waals surface area contributed by atoms with Crippen LogP contribution in [0.2, 0.25) is 0 Å². The Kier molecular flexibility index (Phi) is 6.63. The van der Waals surface area contributed by atoms with Crippen LogP contribution in [0, 0.1) is 0 Å². The first-order chi connectivity index (χ1) is 7.86. The summed E-state index contributed by atoms with van der Waals surface area (Å²) in [4.78, 5) is 25.0. The first-order valence-electron chi connectivity index (χ1n) is 6.20. The number of hydrogen-bond acceptors (Lipinski definition) is 3. The number of nitrogens with two attached hydrogens (primary N) is 1. The maximum absolute atomic E-state index is 12.0. The molecule has 1 aliphatic rings. The molecule has 18 heavy (non-hydrogen) atoms. The average Bonchev–Trinajstić information content (AvgIpc) is 3.00. The quantitative estimate of drug-likeness (QED) is 0.749. The van der Waals surface area contributed by atoms with E-state index in [0.29, 0.717) is 12.5 Å². The standard InChI is InChI=1S/C12H23N3O2.ClH/c1-4-7-12(2,13)11(17)15(3)8-10(16)14-9-5-6-9;/h9H,4-8,13H2,1-3H3,(H,14,16);1H. The molecule has 0 aromatic carbocycles. The van der Waals surface area contributed by atoms with E-state index in [1.54, 1.807) is 14.0 Å². The second kappa shape index (κ2) is 6.95. The van der Waals surface area contributed by atoms with Crippen LogP contribution in [-0.4, -0.2) is 41.9 Å². The van der Waals surface area contributed by atoms with Gasteiger partial charge in [0.1, 0.15) is 0 Å². The molecule has 5 nitrogen and oxygen atoms in total. The topological polar surface area (TPSA) is 75.4 Å². The third-order valence-corrected chi connectivity index (χ3v) is 2.93. The molecular formula is C12H24ClN3O2. The molecule has 1 aliphatic carbocycles. The molecule has 0 saturated heterocycles. The zero-order valence-electron chi connectivity index (χ0n) is 11.4. The van der Waals surface area contributed by atoms with Crippen molar-refractivity contribution in [3.05, 3.63) is 0 Å². The van der Waals surface area contributed by atoms with E-state index in [0.717, 1.165) is 19.3 Å². The third kappa shape index (κ3) is 5.23. The van der Waals surface area contributed by atoms with Gasteiger partial charge in [0, 0.05) is 13.1 Å². The Hall–Kier alpha value is -0.810. The Morgan fingerprint density at radius 3 is 2.44 bits per heavy atom. The molecule has 1 atom stereocenters. The lowest BCUT2D eigenvalue weighted by Gasteiger charge is -2.28. The maximum atomic E-state index is 12.0. The molecule has 3 N–H and O–H groups in total. The van der Waals surface area contributed by atoms with Crippen molar-refractivity contribution >= 4 is 24.2 Å². The fourth-order valence-electron chi connectivity index (χ4n) is 1.85. The smallest absolute Gasteiger partial charge is 0.242 e. The molecule has 106 valence electrons. The van der Waals surface area contributed by atoms with E-state index in [1.165, 1.54) is 4.90 Å². The molecule has 0 aromatic rings. The molecular weight excluding hydrogens is 254 g/mol. The van der Waals surface area contributed by atoms with Gasteiger partial charge in [-0.15, -0.1) is 12.4 Å². The normalized spacial score (nSPS) is 17.3. The highest BCUT2D eigenvalue weighted by molar-refractivity contribution is 5.89. The van der Waals surface area contributed by atoms with Crippen molar-refractivity contribution in [3.63, 3.8) is 0 Å². The zero-order chi connectivity index (χ0) is 13.1. The molecule has 0 aromatic heterocycles. The van der Waals surface area contributed by atoms with Gasteiger partial charge in [-0.05, 0) is 26.2 Å². The van der Waals surface area contributed by atoms with Crippen LogP contribution in [0.3, 0.4) is 0 Å². The van der Waals surface area contributed by atoms with Gasteiger partial charge in [-0.3, -0.25) is 9.59 Å². The predicted molar refractivity (Wildman–Crippen MR) is 73.6 cm³/mol. The molecule has 0 radical (unpaired) electrons. The van der Waals surface area contributed by atoms with Crippen molar-refractivity contribution in [1.82, 2.24) is 10.2 Å². The van der Waals surface area contributed by atoms with E-state index < -0.39 is 5.54 Å². The second-order valence-corrected chi connectivity index (χ2v) is 5.17. The number of hydrogen-bond donors (Lipinski definition) is 2. The number of likely N-dealkylation sites (N-methyl/N-ethyl adjacent to an activating group) is 1. The third-order valence-electron chi connectivity index (χ3n) is 2.93. The van der Waals surface area contributed by atoms with Gasteiger partial charge in [0.2, 0.25) is 11.8 Å². The molecule has 0 heterocycles. The molecule has 6 heteroatoms. The number of amides is 2. The van der Waals surface area contributed by atoms with Gasteiger partial charge in [0.05, 0.1) is 12.1 Å². The van der Waals surface area contributed by atoms with Crippen LogP contribution < -0.4 is 11.1 Å². The van der Waals surface area contributed by atoms with Crippen LogP contribution in [-0.2, 0) is 9.59 Å². The molecule has 1 unspecified atom stereocenters. The van der Waals surface area contributed by atoms with E-state index in [4.69, 9.17) is 5.73 Å². The Morgan fingerprint density at radius 2 is 2.00 bits per heavy atom. The number of halogens is 1. The lowest BCUT2D eigenvalue weighted by atomic mass is 9.96. The largest absolute Gasteiger partial charge is 0.352 e. The lowest BCUT2D eigenvalue weighted by molar-refractivity contribution is -0.139. The van der Waals surface area contributed by atoms with E-state index in [9.17, 15) is 9.59 Å². The van der Waals surface area contributed by atoms with E-state index in [1.807, 2.05) is 6.92 Å². The highest BCUT2D eigenvalue weighted by Gasteiger charge is 2.31. The number of nitrogens with one attached hydrogen (secondary N) is 1. The summed E-state index contributed by atoms with van der Waals surface area (Å²) in [6.45, 7) is 3.79. The summed E-state index contributed by atoms with van der Waals surface area (Å²) in [5, 5.41) is 2.85. The Bertz CT molecular complexity index is 304. The number of carbonyl (C=O) groups excluding carboxylic acids is 2. The van der Waals surface area contributed by atoms with Gasteiger partial charge in [-0.25, -0.2) is 0 Å². The first kappa shape index (κ1) is 17.2. The lowest BCUT2D eigenvalue weighted by Crippen LogP contribution is -2.53. The average molecular weight is 278 g/mol. The minimum absolute atomic E-state index is 0. The maximum Gasteiger partial charge on any atom is 0.242 e. The van der Waals surface area contributed by atoms with Crippen LogP contribution >= 0.6 is 12.4 Å². The van der Waals surface area contributed by atoms with Crippen LogP contribution in [0.4, 0.5) is 0 Å². The summed E-state index contributed by atoms with van der Waals surface area (Å²) < 4.78 is 0. The monoisotopic (exact) mass is 277 g/mol. The summed E-state index contributed by atoms with van der Waals surface area (Å²) >= 11 is 0. The zero-order valence-corrected chi connectivity index (χ0v) is 12.2.